The molecule has 0 bridgehead atoms. The largest absolute Gasteiger partial charge is 0.392 e. The second-order valence-electron chi connectivity index (χ2n) is 3.80. The number of carbonyl (C=O) groups excluding carboxylic acids is 1. The Labute approximate surface area is 98.7 Å². The molecule has 3 N–H and O–H groups in total. The van der Waals surface area contributed by atoms with E-state index in [1.54, 1.807) is 25.2 Å². The number of hydrogen-bond donors (Lipinski definition) is 2. The maximum atomic E-state index is 11.7. The van der Waals surface area contributed by atoms with Crippen LogP contribution in [0.1, 0.15) is 19.4 Å². The van der Waals surface area contributed by atoms with Crippen molar-refractivity contribution in [3.63, 3.8) is 0 Å². The van der Waals surface area contributed by atoms with Crippen molar-refractivity contribution in [1.82, 2.24) is 5.32 Å². The van der Waals surface area contributed by atoms with E-state index in [-0.39, 0.29) is 10.9 Å². The van der Waals surface area contributed by atoms with Crippen LogP contribution < -0.4 is 11.1 Å². The Morgan fingerprint density at radius 1 is 1.67 bits per heavy atom. The molecule has 1 rings (SSSR count). The van der Waals surface area contributed by atoms with Crippen LogP contribution >= 0.6 is 23.6 Å². The Bertz CT molecular complexity index is 358. The van der Waals surface area contributed by atoms with Crippen LogP contribution in [0.25, 0.3) is 0 Å². The van der Waals surface area contributed by atoms with E-state index in [4.69, 9.17) is 18.0 Å². The molecule has 0 aliphatic carbocycles. The number of thiocarbonyl (C=S) groups is 1. The summed E-state index contributed by atoms with van der Waals surface area (Å²) in [7, 11) is 0. The molecule has 1 aromatic rings. The summed E-state index contributed by atoms with van der Waals surface area (Å²) in [4.78, 5) is 11.9. The van der Waals surface area contributed by atoms with E-state index >= 15 is 0 Å². The molecule has 1 aromatic heterocycles. The van der Waals surface area contributed by atoms with Gasteiger partial charge < -0.3 is 11.1 Å². The first-order valence-electron chi connectivity index (χ1n) is 4.54. The van der Waals surface area contributed by atoms with Gasteiger partial charge in [-0.2, -0.15) is 11.3 Å². The molecule has 5 heteroatoms. The highest BCUT2D eigenvalue weighted by Crippen LogP contribution is 2.15. The molecule has 15 heavy (non-hydrogen) atoms. The minimum absolute atomic E-state index is 0.138. The van der Waals surface area contributed by atoms with Gasteiger partial charge in [-0.15, -0.1) is 0 Å². The maximum absolute atomic E-state index is 11.7. The van der Waals surface area contributed by atoms with Crippen molar-refractivity contribution in [2.75, 3.05) is 0 Å². The monoisotopic (exact) mass is 242 g/mol. The molecule has 3 nitrogen and oxygen atoms in total. The van der Waals surface area contributed by atoms with Crippen molar-refractivity contribution in [3.8, 4) is 0 Å². The van der Waals surface area contributed by atoms with Gasteiger partial charge in [-0.25, -0.2) is 0 Å². The molecular formula is C10H14N2OS2. The Balaban J connectivity index is 2.53. The van der Waals surface area contributed by atoms with Gasteiger partial charge in [0.25, 0.3) is 0 Å². The topological polar surface area (TPSA) is 55.1 Å². The molecule has 0 unspecified atom stereocenters. The maximum Gasteiger partial charge on any atom is 0.232 e. The lowest BCUT2D eigenvalue weighted by molar-refractivity contribution is -0.126. The first-order chi connectivity index (χ1) is 6.94. The molecule has 82 valence electrons. The fraction of sp³-hybridized carbons (Fsp3) is 0.400. The predicted octanol–water partition coefficient (Wildman–Crippen LogP) is 1.68. The molecule has 0 aliphatic rings. The third kappa shape index (κ3) is 3.00. The van der Waals surface area contributed by atoms with E-state index in [0.29, 0.717) is 6.54 Å². The average Bonchev–Trinajstić information content (AvgIpc) is 2.66. The minimum atomic E-state index is -0.786. The Morgan fingerprint density at radius 3 is 2.80 bits per heavy atom. The number of hydrogen-bond acceptors (Lipinski definition) is 3. The van der Waals surface area contributed by atoms with Gasteiger partial charge in [0, 0.05) is 6.54 Å². The molecule has 0 fully saturated rings. The Kier molecular flexibility index (Phi) is 3.82. The zero-order valence-corrected chi connectivity index (χ0v) is 10.4. The highest BCUT2D eigenvalue weighted by atomic mass is 32.1. The average molecular weight is 242 g/mol. The lowest BCUT2D eigenvalue weighted by Crippen LogP contribution is -2.44. The number of nitrogens with two attached hydrogens (primary N) is 1. The molecule has 0 saturated carbocycles. The standard InChI is InChI=1S/C10H14N2OS2/c1-10(2,8(11)14)9(13)12-5-7-3-4-15-6-7/h3-4,6H,5H2,1-2H3,(H2,11,14)(H,12,13). The van der Waals surface area contributed by atoms with Crippen LogP contribution in [-0.4, -0.2) is 10.9 Å². The van der Waals surface area contributed by atoms with Crippen LogP contribution in [0.2, 0.25) is 0 Å². The lowest BCUT2D eigenvalue weighted by atomic mass is 9.92. The zero-order chi connectivity index (χ0) is 11.5. The number of thiophene rings is 1. The molecule has 0 aliphatic heterocycles. The van der Waals surface area contributed by atoms with Crippen molar-refractivity contribution >= 4 is 34.5 Å². The quantitative estimate of drug-likeness (QED) is 0.790. The van der Waals surface area contributed by atoms with Crippen LogP contribution in [0.3, 0.4) is 0 Å². The van der Waals surface area contributed by atoms with Gasteiger partial charge in [0.1, 0.15) is 0 Å². The number of rotatable bonds is 4. The van der Waals surface area contributed by atoms with Crippen molar-refractivity contribution in [2.45, 2.75) is 20.4 Å². The van der Waals surface area contributed by atoms with Crippen molar-refractivity contribution < 1.29 is 4.79 Å². The molecule has 0 spiro atoms. The minimum Gasteiger partial charge on any atom is -0.392 e. The van der Waals surface area contributed by atoms with Crippen LogP contribution in [0.4, 0.5) is 0 Å². The second kappa shape index (κ2) is 4.72. The Morgan fingerprint density at radius 2 is 2.33 bits per heavy atom. The second-order valence-corrected chi connectivity index (χ2v) is 5.02. The van der Waals surface area contributed by atoms with E-state index in [9.17, 15) is 4.79 Å². The summed E-state index contributed by atoms with van der Waals surface area (Å²) in [5.41, 5.74) is 5.80. The van der Waals surface area contributed by atoms with E-state index in [1.165, 1.54) is 0 Å². The van der Waals surface area contributed by atoms with Gasteiger partial charge in [-0.05, 0) is 36.2 Å². The van der Waals surface area contributed by atoms with Crippen molar-refractivity contribution in [2.24, 2.45) is 11.1 Å². The zero-order valence-electron chi connectivity index (χ0n) is 8.74. The number of carbonyl (C=O) groups is 1. The van der Waals surface area contributed by atoms with Gasteiger partial charge in [0.05, 0.1) is 10.4 Å². The van der Waals surface area contributed by atoms with E-state index in [0.717, 1.165) is 5.56 Å². The predicted molar refractivity (Wildman–Crippen MR) is 66.7 cm³/mol. The van der Waals surface area contributed by atoms with E-state index in [2.05, 4.69) is 5.32 Å². The molecule has 1 heterocycles. The van der Waals surface area contributed by atoms with Gasteiger partial charge in [0.2, 0.25) is 5.91 Å². The molecule has 0 aromatic carbocycles. The van der Waals surface area contributed by atoms with E-state index < -0.39 is 5.41 Å². The van der Waals surface area contributed by atoms with Gasteiger partial charge in [0.15, 0.2) is 0 Å². The highest BCUT2D eigenvalue weighted by molar-refractivity contribution is 7.80. The van der Waals surface area contributed by atoms with Crippen molar-refractivity contribution in [1.29, 1.82) is 0 Å². The normalized spacial score (nSPS) is 11.1. The number of amides is 1. The third-order valence-electron chi connectivity index (χ3n) is 2.22. The molecule has 1 amide bonds. The van der Waals surface area contributed by atoms with Gasteiger partial charge in [-0.1, -0.05) is 12.2 Å². The van der Waals surface area contributed by atoms with Gasteiger partial charge >= 0.3 is 0 Å². The fourth-order valence-electron chi connectivity index (χ4n) is 0.908. The molecule has 0 radical (unpaired) electrons. The van der Waals surface area contributed by atoms with E-state index in [1.807, 2.05) is 16.8 Å². The Hall–Kier alpha value is -0.940. The number of nitrogens with one attached hydrogen (secondary N) is 1. The summed E-state index contributed by atoms with van der Waals surface area (Å²) in [6, 6.07) is 1.97. The first-order valence-corrected chi connectivity index (χ1v) is 5.89. The van der Waals surface area contributed by atoms with Crippen LogP contribution in [0.15, 0.2) is 16.8 Å². The lowest BCUT2D eigenvalue weighted by Gasteiger charge is -2.21. The molecule has 0 saturated heterocycles. The summed E-state index contributed by atoms with van der Waals surface area (Å²) in [5.74, 6) is -0.138. The summed E-state index contributed by atoms with van der Waals surface area (Å²) in [6.45, 7) is 3.96. The van der Waals surface area contributed by atoms with Crippen molar-refractivity contribution in [3.05, 3.63) is 22.4 Å². The first kappa shape index (κ1) is 12.1. The SMILES string of the molecule is CC(C)(C(=O)NCc1ccsc1)C(N)=S. The summed E-state index contributed by atoms with van der Waals surface area (Å²) >= 11 is 6.44. The smallest absolute Gasteiger partial charge is 0.232 e. The summed E-state index contributed by atoms with van der Waals surface area (Å²) < 4.78 is 0. The van der Waals surface area contributed by atoms with Crippen LogP contribution in [-0.2, 0) is 11.3 Å². The molecular weight excluding hydrogens is 228 g/mol. The van der Waals surface area contributed by atoms with Crippen LogP contribution in [0.5, 0.6) is 0 Å². The fourth-order valence-corrected chi connectivity index (χ4v) is 1.67. The van der Waals surface area contributed by atoms with Crippen LogP contribution in [0, 0.1) is 5.41 Å². The third-order valence-corrected chi connectivity index (χ3v) is 3.46. The summed E-state index contributed by atoms with van der Waals surface area (Å²) in [6.07, 6.45) is 0. The van der Waals surface area contributed by atoms with Gasteiger partial charge in [-0.3, -0.25) is 4.79 Å². The summed E-state index contributed by atoms with van der Waals surface area (Å²) in [5, 5.41) is 6.77. The molecule has 0 atom stereocenters. The highest BCUT2D eigenvalue weighted by Gasteiger charge is 2.30.